The normalized spacial score (nSPS) is 11.3. The van der Waals surface area contributed by atoms with Crippen LogP contribution in [-0.4, -0.2) is 11.7 Å². The molecule has 0 aromatic heterocycles. The summed E-state index contributed by atoms with van der Waals surface area (Å²) in [5.41, 5.74) is 0.839. The number of hydrogen-bond donors (Lipinski definition) is 1. The van der Waals surface area contributed by atoms with Crippen molar-refractivity contribution in [3.63, 3.8) is 0 Å². The van der Waals surface area contributed by atoms with Crippen LogP contribution >= 0.6 is 11.8 Å². The Labute approximate surface area is 137 Å². The number of halogens is 3. The Hall–Kier alpha value is -1.95. The van der Waals surface area contributed by atoms with Crippen LogP contribution in [0.5, 0.6) is 0 Å². The molecule has 0 spiro atoms. The molecule has 2 aromatic rings. The van der Waals surface area contributed by atoms with Gasteiger partial charge in [-0.1, -0.05) is 30.3 Å². The van der Waals surface area contributed by atoms with Crippen LogP contribution in [-0.2, 0) is 16.7 Å². The van der Waals surface area contributed by atoms with E-state index < -0.39 is 11.7 Å². The zero-order valence-electron chi connectivity index (χ0n) is 12.3. The molecule has 6 heteroatoms. The van der Waals surface area contributed by atoms with Crippen molar-refractivity contribution in [2.24, 2.45) is 0 Å². The number of nitrogens with one attached hydrogen (secondary N) is 1. The third kappa shape index (κ3) is 5.98. The van der Waals surface area contributed by atoms with Crippen LogP contribution in [0.2, 0.25) is 0 Å². The van der Waals surface area contributed by atoms with E-state index in [0.29, 0.717) is 17.9 Å². The summed E-state index contributed by atoms with van der Waals surface area (Å²) in [7, 11) is 0. The topological polar surface area (TPSA) is 29.1 Å². The minimum atomic E-state index is -4.36. The highest BCUT2D eigenvalue weighted by atomic mass is 32.2. The number of rotatable bonds is 6. The number of anilines is 1. The standard InChI is InChI=1S/C17H16F3NOS/c18-17(19,20)14-6-8-15(9-7-14)21-16(22)10-11-23-12-13-4-2-1-3-5-13/h1-9H,10-12H2,(H,21,22). The Morgan fingerprint density at radius 3 is 2.26 bits per heavy atom. The van der Waals surface area contributed by atoms with Crippen LogP contribution < -0.4 is 5.32 Å². The average Bonchev–Trinajstić information content (AvgIpc) is 2.52. The summed E-state index contributed by atoms with van der Waals surface area (Å²) in [6.45, 7) is 0. The first-order valence-corrected chi connectivity index (χ1v) is 8.19. The third-order valence-electron chi connectivity index (χ3n) is 3.08. The molecular formula is C17H16F3NOS. The molecule has 0 radical (unpaired) electrons. The van der Waals surface area contributed by atoms with Gasteiger partial charge < -0.3 is 5.32 Å². The SMILES string of the molecule is O=C(CCSCc1ccccc1)Nc1ccc(C(F)(F)F)cc1. The van der Waals surface area contributed by atoms with E-state index in [4.69, 9.17) is 0 Å². The van der Waals surface area contributed by atoms with Gasteiger partial charge in [0, 0.05) is 23.6 Å². The Balaban J connectivity index is 1.72. The van der Waals surface area contributed by atoms with Crippen LogP contribution in [0.15, 0.2) is 54.6 Å². The maximum absolute atomic E-state index is 12.4. The van der Waals surface area contributed by atoms with E-state index in [9.17, 15) is 18.0 Å². The van der Waals surface area contributed by atoms with E-state index in [1.165, 1.54) is 17.7 Å². The van der Waals surface area contributed by atoms with Crippen molar-refractivity contribution in [3.05, 3.63) is 65.7 Å². The number of carbonyl (C=O) groups excluding carboxylic acids is 1. The van der Waals surface area contributed by atoms with Crippen LogP contribution in [0.1, 0.15) is 17.5 Å². The largest absolute Gasteiger partial charge is 0.416 e. The second-order valence-corrected chi connectivity index (χ2v) is 6.02. The molecule has 0 fully saturated rings. The zero-order chi connectivity index (χ0) is 16.7. The molecule has 2 aromatic carbocycles. The van der Waals surface area contributed by atoms with E-state index in [1.54, 1.807) is 11.8 Å². The second kappa shape index (κ2) is 8.06. The van der Waals surface area contributed by atoms with Crippen molar-refractivity contribution in [3.8, 4) is 0 Å². The maximum Gasteiger partial charge on any atom is 0.416 e. The molecule has 0 bridgehead atoms. The molecule has 0 saturated heterocycles. The molecule has 2 rings (SSSR count). The first-order valence-electron chi connectivity index (χ1n) is 7.04. The second-order valence-electron chi connectivity index (χ2n) is 4.91. The van der Waals surface area contributed by atoms with Gasteiger partial charge in [0.15, 0.2) is 0 Å². The van der Waals surface area contributed by atoms with Gasteiger partial charge in [0.05, 0.1) is 5.56 Å². The van der Waals surface area contributed by atoms with Crippen molar-refractivity contribution < 1.29 is 18.0 Å². The summed E-state index contributed by atoms with van der Waals surface area (Å²) >= 11 is 1.64. The van der Waals surface area contributed by atoms with Crippen molar-refractivity contribution in [1.29, 1.82) is 0 Å². The molecule has 1 amide bonds. The summed E-state index contributed by atoms with van der Waals surface area (Å²) in [5.74, 6) is 1.28. The van der Waals surface area contributed by atoms with E-state index in [-0.39, 0.29) is 5.91 Å². The lowest BCUT2D eigenvalue weighted by molar-refractivity contribution is -0.137. The number of alkyl halides is 3. The first-order chi connectivity index (χ1) is 10.9. The highest BCUT2D eigenvalue weighted by molar-refractivity contribution is 7.98. The predicted octanol–water partition coefficient (Wildman–Crippen LogP) is 4.97. The highest BCUT2D eigenvalue weighted by Gasteiger charge is 2.29. The molecule has 0 aliphatic rings. The molecule has 1 N–H and O–H groups in total. The zero-order valence-corrected chi connectivity index (χ0v) is 13.1. The molecule has 2 nitrogen and oxygen atoms in total. The van der Waals surface area contributed by atoms with Crippen LogP contribution in [0, 0.1) is 0 Å². The minimum absolute atomic E-state index is 0.203. The van der Waals surface area contributed by atoms with Gasteiger partial charge in [-0.25, -0.2) is 0 Å². The fourth-order valence-electron chi connectivity index (χ4n) is 1.90. The van der Waals surface area contributed by atoms with Gasteiger partial charge in [-0.15, -0.1) is 0 Å². The fraction of sp³-hybridized carbons (Fsp3) is 0.235. The van der Waals surface area contributed by atoms with Crippen molar-refractivity contribution in [2.75, 3.05) is 11.1 Å². The Bertz CT molecular complexity index is 627. The van der Waals surface area contributed by atoms with Crippen LogP contribution in [0.4, 0.5) is 18.9 Å². The summed E-state index contributed by atoms with van der Waals surface area (Å²) in [5, 5.41) is 2.60. The Kier molecular flexibility index (Phi) is 6.10. The number of amides is 1. The van der Waals surface area contributed by atoms with Gasteiger partial charge in [-0.05, 0) is 29.8 Å². The lowest BCUT2D eigenvalue weighted by Crippen LogP contribution is -2.12. The molecule has 23 heavy (non-hydrogen) atoms. The molecule has 0 saturated carbocycles. The monoisotopic (exact) mass is 339 g/mol. The summed E-state index contributed by atoms with van der Waals surface area (Å²) in [6, 6.07) is 14.4. The summed E-state index contributed by atoms with van der Waals surface area (Å²) in [6.07, 6.45) is -4.05. The van der Waals surface area contributed by atoms with Gasteiger partial charge in [0.2, 0.25) is 5.91 Å². The molecule has 0 heterocycles. The van der Waals surface area contributed by atoms with Gasteiger partial charge in [0.25, 0.3) is 0 Å². The molecule has 0 unspecified atom stereocenters. The Morgan fingerprint density at radius 2 is 1.65 bits per heavy atom. The van der Waals surface area contributed by atoms with Crippen molar-refractivity contribution in [1.82, 2.24) is 0 Å². The van der Waals surface area contributed by atoms with Gasteiger partial charge >= 0.3 is 6.18 Å². The molecule has 122 valence electrons. The molecule has 0 atom stereocenters. The van der Waals surface area contributed by atoms with Gasteiger partial charge in [-0.2, -0.15) is 24.9 Å². The number of hydrogen-bond acceptors (Lipinski definition) is 2. The smallest absolute Gasteiger partial charge is 0.326 e. The number of carbonyl (C=O) groups is 1. The minimum Gasteiger partial charge on any atom is -0.326 e. The van der Waals surface area contributed by atoms with Gasteiger partial charge in [-0.3, -0.25) is 4.79 Å². The fourth-order valence-corrected chi connectivity index (χ4v) is 2.80. The Morgan fingerprint density at radius 1 is 1.00 bits per heavy atom. The van der Waals surface area contributed by atoms with E-state index in [2.05, 4.69) is 5.32 Å². The summed E-state index contributed by atoms with van der Waals surface area (Å²) in [4.78, 5) is 11.8. The van der Waals surface area contributed by atoms with Crippen molar-refractivity contribution >= 4 is 23.4 Å². The van der Waals surface area contributed by atoms with E-state index >= 15 is 0 Å². The van der Waals surface area contributed by atoms with Crippen molar-refractivity contribution in [2.45, 2.75) is 18.3 Å². The average molecular weight is 339 g/mol. The molecule has 0 aliphatic carbocycles. The van der Waals surface area contributed by atoms with Crippen LogP contribution in [0.3, 0.4) is 0 Å². The summed E-state index contributed by atoms with van der Waals surface area (Å²) < 4.78 is 37.3. The number of benzene rings is 2. The maximum atomic E-state index is 12.4. The third-order valence-corrected chi connectivity index (χ3v) is 4.11. The predicted molar refractivity (Wildman–Crippen MR) is 87.3 cm³/mol. The highest BCUT2D eigenvalue weighted by Crippen LogP contribution is 2.29. The lowest BCUT2D eigenvalue weighted by atomic mass is 10.2. The first kappa shape index (κ1) is 17.4. The van der Waals surface area contributed by atoms with E-state index in [0.717, 1.165) is 17.9 Å². The quantitative estimate of drug-likeness (QED) is 0.753. The molecular weight excluding hydrogens is 323 g/mol. The number of thioether (sulfide) groups is 1. The molecule has 0 aliphatic heterocycles. The van der Waals surface area contributed by atoms with E-state index in [1.807, 2.05) is 30.3 Å². The van der Waals surface area contributed by atoms with Gasteiger partial charge in [0.1, 0.15) is 0 Å². The van der Waals surface area contributed by atoms with Crippen LogP contribution in [0.25, 0.3) is 0 Å². The lowest BCUT2D eigenvalue weighted by Gasteiger charge is -2.09.